The molecule has 130 valence electrons. The average Bonchev–Trinajstić information content (AvgIpc) is 2.62. The van der Waals surface area contributed by atoms with Gasteiger partial charge in [0.15, 0.2) is 5.75 Å². The molecule has 0 aliphatic carbocycles. The number of fused-ring (bicyclic) bond motifs is 2. The first-order valence-electron chi connectivity index (χ1n) is 7.83. The second kappa shape index (κ2) is 5.93. The summed E-state index contributed by atoms with van der Waals surface area (Å²) in [4.78, 5) is 12.1. The largest absolute Gasteiger partial charge is 0.488 e. The second-order valence-electron chi connectivity index (χ2n) is 5.84. The fourth-order valence-electron chi connectivity index (χ4n) is 3.12. The van der Waals surface area contributed by atoms with Crippen molar-refractivity contribution in [1.29, 1.82) is 0 Å². The molecular formula is C17H15ClN2O4S. The molecule has 6 nitrogen and oxygen atoms in total. The van der Waals surface area contributed by atoms with E-state index in [4.69, 9.17) is 16.3 Å². The van der Waals surface area contributed by atoms with Gasteiger partial charge in [-0.15, -0.1) is 0 Å². The minimum atomic E-state index is -3.83. The van der Waals surface area contributed by atoms with Gasteiger partial charge in [-0.3, -0.25) is 9.10 Å². The number of carbonyl (C=O) groups is 1. The zero-order valence-corrected chi connectivity index (χ0v) is 14.7. The Morgan fingerprint density at radius 3 is 2.88 bits per heavy atom. The molecule has 0 aromatic heterocycles. The van der Waals surface area contributed by atoms with E-state index in [2.05, 4.69) is 5.32 Å². The Kier molecular flexibility index (Phi) is 3.85. The summed E-state index contributed by atoms with van der Waals surface area (Å²) in [5.74, 6) is 0.110. The van der Waals surface area contributed by atoms with Crippen LogP contribution >= 0.6 is 11.6 Å². The number of sulfonamides is 1. The molecule has 0 unspecified atom stereocenters. The number of ether oxygens (including phenoxy) is 1. The van der Waals surface area contributed by atoms with Gasteiger partial charge in [-0.1, -0.05) is 23.7 Å². The lowest BCUT2D eigenvalue weighted by atomic mass is 10.0. The third-order valence-electron chi connectivity index (χ3n) is 4.35. The lowest BCUT2D eigenvalue weighted by Gasteiger charge is -2.31. The Morgan fingerprint density at radius 1 is 1.20 bits per heavy atom. The van der Waals surface area contributed by atoms with E-state index in [0.717, 1.165) is 5.56 Å². The van der Waals surface area contributed by atoms with Gasteiger partial charge in [0.05, 0.1) is 22.2 Å². The summed E-state index contributed by atoms with van der Waals surface area (Å²) < 4.78 is 33.1. The van der Waals surface area contributed by atoms with E-state index in [1.54, 1.807) is 30.3 Å². The first-order valence-corrected chi connectivity index (χ1v) is 9.65. The molecule has 0 radical (unpaired) electrons. The zero-order valence-electron chi connectivity index (χ0n) is 13.2. The molecule has 2 aromatic rings. The topological polar surface area (TPSA) is 75.7 Å². The number of hydrogen-bond donors (Lipinski definition) is 1. The maximum absolute atomic E-state index is 13.1. The number of benzene rings is 2. The quantitative estimate of drug-likeness (QED) is 0.869. The van der Waals surface area contributed by atoms with Gasteiger partial charge in [0.1, 0.15) is 6.61 Å². The maximum atomic E-state index is 13.1. The SMILES string of the molecule is O=C1NCCc2ccc(S(=O)(=O)N3CCOc4c(Cl)cccc43)cc21. The summed E-state index contributed by atoms with van der Waals surface area (Å²) >= 11 is 6.12. The van der Waals surface area contributed by atoms with E-state index < -0.39 is 10.0 Å². The van der Waals surface area contributed by atoms with Crippen LogP contribution in [-0.2, 0) is 16.4 Å². The summed E-state index contributed by atoms with van der Waals surface area (Å²) in [5, 5.41) is 3.10. The monoisotopic (exact) mass is 378 g/mol. The highest BCUT2D eigenvalue weighted by atomic mass is 35.5. The average molecular weight is 379 g/mol. The molecule has 1 amide bonds. The molecule has 2 aromatic carbocycles. The smallest absolute Gasteiger partial charge is 0.264 e. The minimum absolute atomic E-state index is 0.0797. The Morgan fingerprint density at radius 2 is 2.04 bits per heavy atom. The van der Waals surface area contributed by atoms with Crippen LogP contribution in [0.5, 0.6) is 5.75 Å². The van der Waals surface area contributed by atoms with Gasteiger partial charge >= 0.3 is 0 Å². The fourth-order valence-corrected chi connectivity index (χ4v) is 4.82. The molecule has 0 fully saturated rings. The van der Waals surface area contributed by atoms with Crippen LogP contribution in [0.4, 0.5) is 5.69 Å². The van der Waals surface area contributed by atoms with Gasteiger partial charge < -0.3 is 10.1 Å². The van der Waals surface area contributed by atoms with Crippen molar-refractivity contribution >= 4 is 33.2 Å². The van der Waals surface area contributed by atoms with Crippen molar-refractivity contribution in [2.24, 2.45) is 0 Å². The Balaban J connectivity index is 1.81. The molecular weight excluding hydrogens is 364 g/mol. The van der Waals surface area contributed by atoms with E-state index in [-0.39, 0.29) is 24.0 Å². The number of nitrogens with zero attached hydrogens (tertiary/aromatic N) is 1. The Labute approximate surface area is 150 Å². The summed E-state index contributed by atoms with van der Waals surface area (Å²) in [6.07, 6.45) is 0.692. The van der Waals surface area contributed by atoms with E-state index in [0.29, 0.717) is 35.0 Å². The Hall–Kier alpha value is -2.25. The van der Waals surface area contributed by atoms with Crippen LogP contribution < -0.4 is 14.4 Å². The number of amides is 1. The summed E-state index contributed by atoms with van der Waals surface area (Å²) in [6, 6.07) is 9.69. The summed E-state index contributed by atoms with van der Waals surface area (Å²) in [7, 11) is -3.83. The molecule has 4 rings (SSSR count). The van der Waals surface area contributed by atoms with Crippen LogP contribution in [0.3, 0.4) is 0 Å². The van der Waals surface area contributed by atoms with Crippen molar-refractivity contribution in [3.05, 3.63) is 52.5 Å². The normalized spacial score (nSPS) is 16.5. The fraction of sp³-hybridized carbons (Fsp3) is 0.235. The first-order chi connectivity index (χ1) is 12.0. The van der Waals surface area contributed by atoms with Gasteiger partial charge in [0.2, 0.25) is 0 Å². The molecule has 0 atom stereocenters. The highest BCUT2D eigenvalue weighted by Crippen LogP contribution is 2.40. The third-order valence-corrected chi connectivity index (χ3v) is 6.46. The van der Waals surface area contributed by atoms with Crippen LogP contribution in [0.25, 0.3) is 0 Å². The van der Waals surface area contributed by atoms with E-state index >= 15 is 0 Å². The second-order valence-corrected chi connectivity index (χ2v) is 8.11. The molecule has 2 aliphatic heterocycles. The van der Waals surface area contributed by atoms with Gasteiger partial charge in [0.25, 0.3) is 15.9 Å². The predicted octanol–water partition coefficient (Wildman–Crippen LogP) is 2.21. The Bertz CT molecular complexity index is 975. The van der Waals surface area contributed by atoms with Crippen molar-refractivity contribution in [2.45, 2.75) is 11.3 Å². The number of halogens is 1. The molecule has 0 spiro atoms. The third kappa shape index (κ3) is 2.63. The van der Waals surface area contributed by atoms with Crippen molar-refractivity contribution < 1.29 is 17.9 Å². The number of carbonyl (C=O) groups excluding carboxylic acids is 1. The summed E-state index contributed by atoms with van der Waals surface area (Å²) in [5.41, 5.74) is 1.67. The van der Waals surface area contributed by atoms with E-state index in [9.17, 15) is 13.2 Å². The molecule has 0 bridgehead atoms. The number of anilines is 1. The first kappa shape index (κ1) is 16.2. The maximum Gasteiger partial charge on any atom is 0.264 e. The van der Waals surface area contributed by atoms with Gasteiger partial charge in [-0.25, -0.2) is 8.42 Å². The van der Waals surface area contributed by atoms with Gasteiger partial charge in [-0.2, -0.15) is 0 Å². The van der Waals surface area contributed by atoms with Crippen LogP contribution in [0.2, 0.25) is 5.02 Å². The molecule has 0 saturated carbocycles. The lowest BCUT2D eigenvalue weighted by Crippen LogP contribution is -2.38. The van der Waals surface area contributed by atoms with E-state index in [1.165, 1.54) is 10.4 Å². The standard InChI is InChI=1S/C17H15ClN2O4S/c18-14-2-1-3-15-16(14)24-9-8-20(15)25(22,23)12-5-4-11-6-7-19-17(21)13(11)10-12/h1-5,10H,6-9H2,(H,19,21). The van der Waals surface area contributed by atoms with Crippen LogP contribution in [0.1, 0.15) is 15.9 Å². The van der Waals surface area contributed by atoms with Gasteiger partial charge in [-0.05, 0) is 36.2 Å². The van der Waals surface area contributed by atoms with Crippen molar-refractivity contribution in [1.82, 2.24) is 5.32 Å². The van der Waals surface area contributed by atoms with Crippen molar-refractivity contribution in [3.63, 3.8) is 0 Å². The highest BCUT2D eigenvalue weighted by molar-refractivity contribution is 7.92. The molecule has 2 heterocycles. The van der Waals surface area contributed by atoms with Crippen molar-refractivity contribution in [2.75, 3.05) is 24.0 Å². The van der Waals surface area contributed by atoms with Crippen LogP contribution in [-0.4, -0.2) is 34.0 Å². The van der Waals surface area contributed by atoms with E-state index in [1.807, 2.05) is 0 Å². The lowest BCUT2D eigenvalue weighted by molar-refractivity contribution is 0.0945. The molecule has 1 N–H and O–H groups in total. The molecule has 2 aliphatic rings. The number of nitrogens with one attached hydrogen (secondary N) is 1. The highest BCUT2D eigenvalue weighted by Gasteiger charge is 2.32. The van der Waals surface area contributed by atoms with Crippen molar-refractivity contribution in [3.8, 4) is 5.75 Å². The zero-order chi connectivity index (χ0) is 17.6. The summed E-state index contributed by atoms with van der Waals surface area (Å²) in [6.45, 7) is 0.952. The van der Waals surface area contributed by atoms with Crippen LogP contribution in [0.15, 0.2) is 41.3 Å². The molecule has 25 heavy (non-hydrogen) atoms. The molecule has 0 saturated heterocycles. The number of hydrogen-bond acceptors (Lipinski definition) is 4. The van der Waals surface area contributed by atoms with Gasteiger partial charge in [0, 0.05) is 12.1 Å². The number of para-hydroxylation sites is 1. The predicted molar refractivity (Wildman–Crippen MR) is 94.0 cm³/mol. The molecule has 8 heteroatoms. The van der Waals surface area contributed by atoms with Crippen LogP contribution in [0, 0.1) is 0 Å². The number of rotatable bonds is 2. The minimum Gasteiger partial charge on any atom is -0.488 e.